The number of hydrogen-bond acceptors (Lipinski definition) is 3. The lowest BCUT2D eigenvalue weighted by Gasteiger charge is -2.18. The smallest absolute Gasteiger partial charge is 0.0991 e. The van der Waals surface area contributed by atoms with Crippen molar-refractivity contribution >= 4 is 43.7 Å². The van der Waals surface area contributed by atoms with Gasteiger partial charge in [-0.05, 0) is 84.6 Å². The lowest BCUT2D eigenvalue weighted by molar-refractivity contribution is 1.35. The predicted molar refractivity (Wildman–Crippen MR) is 220 cm³/mol. The van der Waals surface area contributed by atoms with Gasteiger partial charge in [0.2, 0.25) is 0 Å². The van der Waals surface area contributed by atoms with E-state index >= 15 is 0 Å². The van der Waals surface area contributed by atoms with Gasteiger partial charge in [0.1, 0.15) is 0 Å². The minimum Gasteiger partial charge on any atom is -0.252 e. The summed E-state index contributed by atoms with van der Waals surface area (Å²) in [6, 6.07) is 64.2. The van der Waals surface area contributed by atoms with Crippen molar-refractivity contribution in [1.82, 2.24) is 4.98 Å². The molecule has 1 aromatic heterocycles. The van der Waals surface area contributed by atoms with Crippen LogP contribution < -0.4 is 0 Å². The average Bonchev–Trinajstić information content (AvgIpc) is 3.68. The van der Waals surface area contributed by atoms with Crippen molar-refractivity contribution < 1.29 is 0 Å². The first-order valence-corrected chi connectivity index (χ1v) is 17.9. The normalized spacial score (nSPS) is 12.2. The molecule has 10 rings (SSSR count). The second-order valence-corrected chi connectivity index (χ2v) is 13.6. The zero-order valence-electron chi connectivity index (χ0n) is 28.8. The molecule has 3 nitrogen and oxygen atoms in total. The zero-order chi connectivity index (χ0) is 35.3. The van der Waals surface area contributed by atoms with Crippen molar-refractivity contribution in [3.63, 3.8) is 0 Å². The molecule has 0 unspecified atom stereocenters. The maximum absolute atomic E-state index is 9.55. The second kappa shape index (κ2) is 12.6. The number of hydrogen-bond donors (Lipinski definition) is 0. The van der Waals surface area contributed by atoms with E-state index in [4.69, 9.17) is 9.98 Å². The van der Waals surface area contributed by atoms with Gasteiger partial charge in [0.25, 0.3) is 0 Å². The quantitative estimate of drug-likeness (QED) is 0.183. The van der Waals surface area contributed by atoms with E-state index in [-0.39, 0.29) is 0 Å². The zero-order valence-corrected chi connectivity index (χ0v) is 28.8. The molecule has 0 bridgehead atoms. The first kappa shape index (κ1) is 30.7. The standard InChI is InChI=1S/C50H31N3/c51-31-32-11-10-16-38(27-32)47-30-45-42-20-9-8-19-41(42)44(29-48(45)52-47)43-26-25-33-12-4-6-17-39(33)49(43)35-21-23-36(24-22-35)50-40-18-7-5-15-37(40)28-46(53-50)34-13-2-1-3-14-34/h1-29H,30H2. The Bertz CT molecular complexity index is 2970. The average molecular weight is 674 g/mol. The van der Waals surface area contributed by atoms with Gasteiger partial charge < -0.3 is 0 Å². The first-order valence-electron chi connectivity index (χ1n) is 17.9. The van der Waals surface area contributed by atoms with E-state index in [1.54, 1.807) is 0 Å². The van der Waals surface area contributed by atoms with Crippen LogP contribution in [0.25, 0.3) is 77.1 Å². The summed E-state index contributed by atoms with van der Waals surface area (Å²) in [5.74, 6) is 0. The fourth-order valence-corrected chi connectivity index (χ4v) is 7.99. The van der Waals surface area contributed by atoms with Crippen LogP contribution in [0.1, 0.15) is 16.7 Å². The van der Waals surface area contributed by atoms with E-state index < -0.39 is 0 Å². The number of fused-ring (bicyclic) bond motifs is 5. The van der Waals surface area contributed by atoms with Gasteiger partial charge in [-0.3, -0.25) is 4.99 Å². The molecule has 53 heavy (non-hydrogen) atoms. The molecule has 0 saturated carbocycles. The predicted octanol–water partition coefficient (Wildman–Crippen LogP) is 12.8. The van der Waals surface area contributed by atoms with Crippen molar-refractivity contribution in [2.24, 2.45) is 4.99 Å². The van der Waals surface area contributed by atoms with Crippen molar-refractivity contribution in [3.8, 4) is 50.8 Å². The topological polar surface area (TPSA) is 49.0 Å². The Morgan fingerprint density at radius 1 is 0.472 bits per heavy atom. The third-order valence-corrected chi connectivity index (χ3v) is 10.5. The van der Waals surface area contributed by atoms with Gasteiger partial charge >= 0.3 is 0 Å². The lowest BCUT2D eigenvalue weighted by Crippen LogP contribution is -2.01. The maximum Gasteiger partial charge on any atom is 0.0991 e. The molecule has 1 aliphatic heterocycles. The van der Waals surface area contributed by atoms with Crippen LogP contribution in [-0.2, 0) is 6.42 Å². The third kappa shape index (κ3) is 5.28. The van der Waals surface area contributed by atoms with Gasteiger partial charge in [0.05, 0.1) is 34.4 Å². The summed E-state index contributed by atoms with van der Waals surface area (Å²) in [4.78, 5) is 10.4. The highest BCUT2D eigenvalue weighted by Crippen LogP contribution is 2.46. The van der Waals surface area contributed by atoms with Gasteiger partial charge in [-0.25, -0.2) is 4.98 Å². The first-order chi connectivity index (χ1) is 26.2. The largest absolute Gasteiger partial charge is 0.252 e. The monoisotopic (exact) mass is 673 g/mol. The Morgan fingerprint density at radius 2 is 1.15 bits per heavy atom. The van der Waals surface area contributed by atoms with E-state index in [2.05, 4.69) is 158 Å². The molecule has 2 heterocycles. The van der Waals surface area contributed by atoms with Crippen LogP contribution in [0, 0.1) is 11.3 Å². The van der Waals surface area contributed by atoms with E-state index in [1.807, 2.05) is 24.3 Å². The Morgan fingerprint density at radius 3 is 1.96 bits per heavy atom. The lowest BCUT2D eigenvalue weighted by atomic mass is 9.86. The molecule has 0 radical (unpaired) electrons. The highest BCUT2D eigenvalue weighted by molar-refractivity contribution is 6.15. The van der Waals surface area contributed by atoms with Crippen LogP contribution in [0.15, 0.2) is 181 Å². The SMILES string of the molecule is N#Cc1cccc(C2=Nc3cc(-c4ccc5ccccc5c4-c4ccc(-c5nc(-c6ccccc6)cc6ccccc56)cc4)c4ccccc4c3C2)c1. The number of aromatic nitrogens is 1. The van der Waals surface area contributed by atoms with Gasteiger partial charge in [-0.15, -0.1) is 0 Å². The molecule has 8 aromatic carbocycles. The van der Waals surface area contributed by atoms with Crippen LogP contribution in [0.5, 0.6) is 0 Å². The molecule has 0 aliphatic carbocycles. The van der Waals surface area contributed by atoms with Crippen molar-refractivity contribution in [1.29, 1.82) is 5.26 Å². The summed E-state index contributed by atoms with van der Waals surface area (Å²) in [5, 5.41) is 16.7. The van der Waals surface area contributed by atoms with Crippen LogP contribution in [0.4, 0.5) is 5.69 Å². The Kier molecular flexibility index (Phi) is 7.27. The number of nitriles is 1. The van der Waals surface area contributed by atoms with Crippen molar-refractivity contribution in [2.45, 2.75) is 6.42 Å². The Labute approximate surface area is 307 Å². The summed E-state index contributed by atoms with van der Waals surface area (Å²) < 4.78 is 0. The van der Waals surface area contributed by atoms with Gasteiger partial charge in [0, 0.05) is 22.9 Å². The van der Waals surface area contributed by atoms with Crippen LogP contribution >= 0.6 is 0 Å². The van der Waals surface area contributed by atoms with Crippen LogP contribution in [-0.4, -0.2) is 10.7 Å². The number of pyridine rings is 1. The molecular formula is C50H31N3. The van der Waals surface area contributed by atoms with Gasteiger partial charge in [0.15, 0.2) is 0 Å². The third-order valence-electron chi connectivity index (χ3n) is 10.5. The number of rotatable bonds is 5. The van der Waals surface area contributed by atoms with E-state index in [0.717, 1.165) is 62.4 Å². The molecule has 246 valence electrons. The van der Waals surface area contributed by atoms with Gasteiger partial charge in [-0.1, -0.05) is 152 Å². The van der Waals surface area contributed by atoms with Crippen molar-refractivity contribution in [3.05, 3.63) is 193 Å². The van der Waals surface area contributed by atoms with E-state index in [0.29, 0.717) is 5.56 Å². The molecule has 0 atom stereocenters. The Hall–Kier alpha value is -7.15. The van der Waals surface area contributed by atoms with Crippen LogP contribution in [0.3, 0.4) is 0 Å². The van der Waals surface area contributed by atoms with E-state index in [1.165, 1.54) is 43.6 Å². The molecule has 0 amide bonds. The van der Waals surface area contributed by atoms with E-state index in [9.17, 15) is 5.26 Å². The molecule has 1 aliphatic rings. The summed E-state index contributed by atoms with van der Waals surface area (Å²) in [7, 11) is 0. The number of aliphatic imine (C=N–C) groups is 1. The molecule has 3 heteroatoms. The molecule has 9 aromatic rings. The summed E-state index contributed by atoms with van der Waals surface area (Å²) in [6.07, 6.45) is 0.727. The van der Waals surface area contributed by atoms with Crippen LogP contribution in [0.2, 0.25) is 0 Å². The van der Waals surface area contributed by atoms with Gasteiger partial charge in [-0.2, -0.15) is 5.26 Å². The number of nitrogens with zero attached hydrogens (tertiary/aromatic N) is 3. The highest BCUT2D eigenvalue weighted by Gasteiger charge is 2.23. The Balaban J connectivity index is 1.14. The summed E-state index contributed by atoms with van der Waals surface area (Å²) in [5.41, 5.74) is 13.6. The minimum absolute atomic E-state index is 0.645. The fraction of sp³-hybridized carbons (Fsp3) is 0.0200. The minimum atomic E-state index is 0.645. The summed E-state index contributed by atoms with van der Waals surface area (Å²) in [6.45, 7) is 0. The molecular weight excluding hydrogens is 643 g/mol. The number of benzene rings is 8. The second-order valence-electron chi connectivity index (χ2n) is 13.6. The fourth-order valence-electron chi connectivity index (χ4n) is 7.99. The molecule has 0 fully saturated rings. The van der Waals surface area contributed by atoms with Crippen molar-refractivity contribution in [2.75, 3.05) is 0 Å². The maximum atomic E-state index is 9.55. The molecule has 0 saturated heterocycles. The summed E-state index contributed by atoms with van der Waals surface area (Å²) >= 11 is 0. The molecule has 0 N–H and O–H groups in total. The molecule has 0 spiro atoms. The highest BCUT2D eigenvalue weighted by atomic mass is 14.8.